The summed E-state index contributed by atoms with van der Waals surface area (Å²) in [6.45, 7) is 2.14. The zero-order valence-electron chi connectivity index (χ0n) is 10.7. The predicted molar refractivity (Wildman–Crippen MR) is 77.6 cm³/mol. The van der Waals surface area contributed by atoms with Gasteiger partial charge < -0.3 is 4.90 Å². The van der Waals surface area contributed by atoms with Crippen molar-refractivity contribution in [3.05, 3.63) is 28.2 Å². The van der Waals surface area contributed by atoms with Gasteiger partial charge in [0.1, 0.15) is 0 Å². The average Bonchev–Trinajstić information content (AvgIpc) is 2.68. The summed E-state index contributed by atoms with van der Waals surface area (Å²) in [7, 11) is -3.39. The monoisotopic (exact) mass is 346 g/mol. The van der Waals surface area contributed by atoms with Crippen molar-refractivity contribution in [1.82, 2.24) is 4.72 Å². The molecule has 1 aromatic carbocycles. The van der Waals surface area contributed by atoms with Crippen LogP contribution in [0.2, 0.25) is 0 Å². The third kappa shape index (κ3) is 3.34. The molecular formula is C12H15BrN2O3S. The van der Waals surface area contributed by atoms with E-state index < -0.39 is 16.1 Å². The maximum absolute atomic E-state index is 12.3. The van der Waals surface area contributed by atoms with E-state index in [2.05, 4.69) is 20.7 Å². The van der Waals surface area contributed by atoms with Crippen LogP contribution in [0, 0.1) is 0 Å². The second-order valence-corrected chi connectivity index (χ2v) is 7.32. The first-order chi connectivity index (χ1) is 8.78. The molecule has 1 aliphatic heterocycles. The van der Waals surface area contributed by atoms with Crippen LogP contribution in [0.15, 0.2) is 22.7 Å². The van der Waals surface area contributed by atoms with Crippen molar-refractivity contribution < 1.29 is 13.2 Å². The molecule has 1 heterocycles. The molecule has 2 rings (SSSR count). The normalized spacial score (nSPS) is 16.3. The molecule has 0 aromatic heterocycles. The lowest BCUT2D eigenvalue weighted by Gasteiger charge is -2.21. The molecule has 104 valence electrons. The van der Waals surface area contributed by atoms with Crippen LogP contribution < -0.4 is 9.62 Å². The van der Waals surface area contributed by atoms with Crippen molar-refractivity contribution in [3.8, 4) is 0 Å². The zero-order valence-corrected chi connectivity index (χ0v) is 13.1. The molecule has 0 unspecified atom stereocenters. The highest BCUT2D eigenvalue weighted by Gasteiger charge is 2.29. The summed E-state index contributed by atoms with van der Waals surface area (Å²) in [6.07, 6.45) is 1.83. The minimum atomic E-state index is -3.39. The Hall–Kier alpha value is -0.920. The van der Waals surface area contributed by atoms with Crippen LogP contribution in [0.25, 0.3) is 0 Å². The van der Waals surface area contributed by atoms with Crippen LogP contribution in [-0.4, -0.2) is 33.2 Å². The fraction of sp³-hybridized carbons (Fsp3) is 0.417. The van der Waals surface area contributed by atoms with E-state index in [9.17, 15) is 13.2 Å². The van der Waals surface area contributed by atoms with Crippen molar-refractivity contribution in [2.75, 3.05) is 17.7 Å². The van der Waals surface area contributed by atoms with Crippen molar-refractivity contribution in [2.45, 2.75) is 19.4 Å². The standard InChI is InChI=1S/C12H15BrN2O3S/c1-8(14-19(2,17)18)12(16)15-6-5-9-7-10(13)3-4-11(9)15/h3-4,7-8,14H,5-6H2,1-2H3/t8-/m0/s1. The Kier molecular flexibility index (Phi) is 3.98. The number of rotatable bonds is 3. The summed E-state index contributed by atoms with van der Waals surface area (Å²) in [6, 6.07) is 4.97. The molecule has 1 aliphatic rings. The first kappa shape index (κ1) is 14.5. The molecule has 1 aromatic rings. The van der Waals surface area contributed by atoms with E-state index in [0.29, 0.717) is 6.54 Å². The number of carbonyl (C=O) groups excluding carboxylic acids is 1. The number of nitrogens with zero attached hydrogens (tertiary/aromatic N) is 1. The summed E-state index contributed by atoms with van der Waals surface area (Å²) in [4.78, 5) is 13.9. The van der Waals surface area contributed by atoms with E-state index in [4.69, 9.17) is 0 Å². The maximum atomic E-state index is 12.3. The number of carbonyl (C=O) groups is 1. The largest absolute Gasteiger partial charge is 0.310 e. The quantitative estimate of drug-likeness (QED) is 0.896. The van der Waals surface area contributed by atoms with E-state index in [-0.39, 0.29) is 5.91 Å². The second-order valence-electron chi connectivity index (χ2n) is 4.62. The average molecular weight is 347 g/mol. The lowest BCUT2D eigenvalue weighted by Crippen LogP contribution is -2.46. The van der Waals surface area contributed by atoms with Crippen LogP contribution in [0.4, 0.5) is 5.69 Å². The number of hydrogen-bond donors (Lipinski definition) is 1. The van der Waals surface area contributed by atoms with Gasteiger partial charge in [-0.3, -0.25) is 4.79 Å². The number of halogens is 1. The van der Waals surface area contributed by atoms with Gasteiger partial charge in [0.05, 0.1) is 12.3 Å². The van der Waals surface area contributed by atoms with Gasteiger partial charge >= 0.3 is 0 Å². The molecular weight excluding hydrogens is 332 g/mol. The van der Waals surface area contributed by atoms with Gasteiger partial charge in [-0.05, 0) is 37.1 Å². The van der Waals surface area contributed by atoms with E-state index >= 15 is 0 Å². The molecule has 0 fully saturated rings. The molecule has 0 aliphatic carbocycles. The number of anilines is 1. The highest BCUT2D eigenvalue weighted by atomic mass is 79.9. The highest BCUT2D eigenvalue weighted by Crippen LogP contribution is 2.30. The molecule has 5 nitrogen and oxygen atoms in total. The van der Waals surface area contributed by atoms with Crippen molar-refractivity contribution >= 4 is 37.5 Å². The smallest absolute Gasteiger partial charge is 0.244 e. The molecule has 1 atom stereocenters. The van der Waals surface area contributed by atoms with Crippen molar-refractivity contribution in [1.29, 1.82) is 0 Å². The maximum Gasteiger partial charge on any atom is 0.244 e. The molecule has 7 heteroatoms. The van der Waals surface area contributed by atoms with E-state index in [1.54, 1.807) is 11.8 Å². The third-order valence-corrected chi connectivity index (χ3v) is 4.24. The second kappa shape index (κ2) is 5.22. The van der Waals surface area contributed by atoms with E-state index in [1.165, 1.54) is 0 Å². The Labute approximate surface area is 121 Å². The topological polar surface area (TPSA) is 66.5 Å². The molecule has 0 spiro atoms. The third-order valence-electron chi connectivity index (χ3n) is 2.96. The zero-order chi connectivity index (χ0) is 14.2. The molecule has 0 radical (unpaired) electrons. The lowest BCUT2D eigenvalue weighted by atomic mass is 10.2. The fourth-order valence-electron chi connectivity index (χ4n) is 2.20. The number of nitrogens with one attached hydrogen (secondary N) is 1. The lowest BCUT2D eigenvalue weighted by molar-refractivity contribution is -0.119. The summed E-state index contributed by atoms with van der Waals surface area (Å²) in [5, 5.41) is 0. The van der Waals surface area contributed by atoms with Gasteiger partial charge in [-0.1, -0.05) is 15.9 Å². The first-order valence-electron chi connectivity index (χ1n) is 5.85. The summed E-state index contributed by atoms with van der Waals surface area (Å²) in [5.74, 6) is -0.230. The summed E-state index contributed by atoms with van der Waals surface area (Å²) in [5.41, 5.74) is 1.95. The van der Waals surface area contributed by atoms with Crippen LogP contribution in [0.3, 0.4) is 0 Å². The number of fused-ring (bicyclic) bond motifs is 1. The van der Waals surface area contributed by atoms with Gasteiger partial charge in [-0.15, -0.1) is 0 Å². The first-order valence-corrected chi connectivity index (χ1v) is 8.53. The summed E-state index contributed by atoms with van der Waals surface area (Å²) >= 11 is 3.40. The van der Waals surface area contributed by atoms with Crippen LogP contribution in [-0.2, 0) is 21.2 Å². The fourth-order valence-corrected chi connectivity index (χ4v) is 3.36. The Bertz CT molecular complexity index is 615. The van der Waals surface area contributed by atoms with E-state index in [0.717, 1.165) is 28.4 Å². The van der Waals surface area contributed by atoms with E-state index in [1.807, 2.05) is 18.2 Å². The Morgan fingerprint density at radius 2 is 2.16 bits per heavy atom. The van der Waals surface area contributed by atoms with Crippen LogP contribution in [0.5, 0.6) is 0 Å². The molecule has 1 amide bonds. The number of sulfonamides is 1. The van der Waals surface area contributed by atoms with Gasteiger partial charge in [0.2, 0.25) is 15.9 Å². The Morgan fingerprint density at radius 3 is 2.79 bits per heavy atom. The van der Waals surface area contributed by atoms with Crippen LogP contribution in [0.1, 0.15) is 12.5 Å². The van der Waals surface area contributed by atoms with Gasteiger partial charge in [0.15, 0.2) is 0 Å². The van der Waals surface area contributed by atoms with Crippen molar-refractivity contribution in [2.24, 2.45) is 0 Å². The SMILES string of the molecule is C[C@H](NS(C)(=O)=O)C(=O)N1CCc2cc(Br)ccc21. The van der Waals surface area contributed by atoms with Gasteiger partial charge in [-0.25, -0.2) is 13.1 Å². The van der Waals surface area contributed by atoms with Crippen molar-refractivity contribution in [3.63, 3.8) is 0 Å². The summed E-state index contributed by atoms with van der Waals surface area (Å²) < 4.78 is 25.6. The Balaban J connectivity index is 2.19. The van der Waals surface area contributed by atoms with Gasteiger partial charge in [0, 0.05) is 16.7 Å². The van der Waals surface area contributed by atoms with Gasteiger partial charge in [0.25, 0.3) is 0 Å². The molecule has 0 saturated carbocycles. The van der Waals surface area contributed by atoms with Gasteiger partial charge in [-0.2, -0.15) is 0 Å². The number of amides is 1. The molecule has 1 N–H and O–H groups in total. The molecule has 19 heavy (non-hydrogen) atoms. The minimum absolute atomic E-state index is 0.230. The molecule has 0 bridgehead atoms. The highest BCUT2D eigenvalue weighted by molar-refractivity contribution is 9.10. The minimum Gasteiger partial charge on any atom is -0.310 e. The Morgan fingerprint density at radius 1 is 1.47 bits per heavy atom. The molecule has 0 saturated heterocycles. The van der Waals surface area contributed by atoms with Crippen LogP contribution >= 0.6 is 15.9 Å². The number of benzene rings is 1. The predicted octanol–water partition coefficient (Wildman–Crippen LogP) is 1.28. The number of hydrogen-bond acceptors (Lipinski definition) is 3.